The zero-order chi connectivity index (χ0) is 14.8. The third-order valence-corrected chi connectivity index (χ3v) is 2.79. The number of alkyl halides is 2. The van der Waals surface area contributed by atoms with Crippen LogP contribution in [-0.4, -0.2) is 12.5 Å². The third-order valence-electron chi connectivity index (χ3n) is 2.79. The van der Waals surface area contributed by atoms with E-state index in [2.05, 4.69) is 0 Å². The van der Waals surface area contributed by atoms with Crippen molar-refractivity contribution in [3.63, 3.8) is 0 Å². The van der Waals surface area contributed by atoms with Crippen LogP contribution in [0.3, 0.4) is 0 Å². The summed E-state index contributed by atoms with van der Waals surface area (Å²) in [6.07, 6.45) is -0.201. The number of aryl methyl sites for hydroxylation is 2. The molecule has 2 nitrogen and oxygen atoms in total. The molecule has 0 aromatic heterocycles. The Hall–Kier alpha value is -1.32. The number of ether oxygens (including phenoxy) is 1. The maximum Gasteiger partial charge on any atom is 0.281 e. The highest BCUT2D eigenvalue weighted by atomic mass is 19.3. The second-order valence-corrected chi connectivity index (χ2v) is 6.36. The first kappa shape index (κ1) is 15.7. The van der Waals surface area contributed by atoms with E-state index in [-0.39, 0.29) is 6.42 Å². The molecule has 0 aliphatic rings. The zero-order valence-corrected chi connectivity index (χ0v) is 12.3. The van der Waals surface area contributed by atoms with Crippen LogP contribution in [0.4, 0.5) is 14.5 Å². The lowest BCUT2D eigenvalue weighted by Gasteiger charge is -2.26. The zero-order valence-electron chi connectivity index (χ0n) is 12.3. The molecule has 0 saturated carbocycles. The fourth-order valence-corrected chi connectivity index (χ4v) is 1.98. The molecule has 0 unspecified atom stereocenters. The number of anilines is 1. The molecule has 0 spiro atoms. The largest absolute Gasteiger partial charge is 0.487 e. The molecule has 0 amide bonds. The van der Waals surface area contributed by atoms with Gasteiger partial charge in [-0.3, -0.25) is 0 Å². The highest BCUT2D eigenvalue weighted by Gasteiger charge is 2.35. The molecular weight excluding hydrogens is 248 g/mol. The molecular formula is C15H23F2NO. The fraction of sp³-hybridized carbons (Fsp3) is 0.600. The molecule has 0 saturated heterocycles. The Kier molecular flexibility index (Phi) is 4.43. The minimum atomic E-state index is -2.83. The summed E-state index contributed by atoms with van der Waals surface area (Å²) in [5.74, 6) is -2.36. The average Bonchev–Trinajstić information content (AvgIpc) is 2.18. The maximum absolute atomic E-state index is 13.8. The minimum Gasteiger partial charge on any atom is -0.487 e. The van der Waals surface area contributed by atoms with Gasteiger partial charge in [-0.15, -0.1) is 0 Å². The minimum absolute atomic E-state index is 0.201. The van der Waals surface area contributed by atoms with Crippen molar-refractivity contribution in [1.82, 2.24) is 0 Å². The van der Waals surface area contributed by atoms with Crippen LogP contribution in [-0.2, 0) is 0 Å². The molecule has 0 heterocycles. The molecule has 0 bridgehead atoms. The van der Waals surface area contributed by atoms with Gasteiger partial charge in [-0.2, -0.15) is 0 Å². The molecule has 1 aromatic rings. The smallest absolute Gasteiger partial charge is 0.281 e. The Morgan fingerprint density at radius 2 is 1.68 bits per heavy atom. The molecule has 2 N–H and O–H groups in total. The van der Waals surface area contributed by atoms with E-state index in [0.29, 0.717) is 11.4 Å². The van der Waals surface area contributed by atoms with Gasteiger partial charge in [-0.05, 0) is 42.5 Å². The Morgan fingerprint density at radius 3 is 2.21 bits per heavy atom. The van der Waals surface area contributed by atoms with Crippen molar-refractivity contribution in [2.75, 3.05) is 12.3 Å². The summed E-state index contributed by atoms with van der Waals surface area (Å²) >= 11 is 0. The summed E-state index contributed by atoms with van der Waals surface area (Å²) in [5, 5.41) is 0. The SMILES string of the molecule is Cc1cc(OCC(F)(F)CC(C)(C)C)c(C)cc1N. The lowest BCUT2D eigenvalue weighted by molar-refractivity contribution is -0.0696. The fourth-order valence-electron chi connectivity index (χ4n) is 1.98. The predicted molar refractivity (Wildman–Crippen MR) is 74.8 cm³/mol. The van der Waals surface area contributed by atoms with E-state index in [4.69, 9.17) is 10.5 Å². The van der Waals surface area contributed by atoms with Crippen molar-refractivity contribution in [1.29, 1.82) is 0 Å². The Bertz CT molecular complexity index is 450. The number of halogens is 2. The molecule has 108 valence electrons. The van der Waals surface area contributed by atoms with Gasteiger partial charge in [0, 0.05) is 12.1 Å². The van der Waals surface area contributed by atoms with Gasteiger partial charge in [0.25, 0.3) is 5.92 Å². The number of rotatable bonds is 4. The summed E-state index contributed by atoms with van der Waals surface area (Å²) in [7, 11) is 0. The van der Waals surface area contributed by atoms with Crippen LogP contribution < -0.4 is 10.5 Å². The van der Waals surface area contributed by atoms with Gasteiger partial charge >= 0.3 is 0 Å². The van der Waals surface area contributed by atoms with Crippen molar-refractivity contribution in [2.24, 2.45) is 5.41 Å². The highest BCUT2D eigenvalue weighted by Crippen LogP contribution is 2.33. The van der Waals surface area contributed by atoms with E-state index >= 15 is 0 Å². The van der Waals surface area contributed by atoms with Crippen LogP contribution in [0, 0.1) is 19.3 Å². The molecule has 0 aliphatic carbocycles. The average molecular weight is 271 g/mol. The molecule has 19 heavy (non-hydrogen) atoms. The van der Waals surface area contributed by atoms with Crippen LogP contribution in [0.2, 0.25) is 0 Å². The Balaban J connectivity index is 2.74. The van der Waals surface area contributed by atoms with E-state index in [1.807, 2.05) is 6.92 Å². The van der Waals surface area contributed by atoms with E-state index in [1.54, 1.807) is 39.8 Å². The maximum atomic E-state index is 13.8. The second-order valence-electron chi connectivity index (χ2n) is 6.36. The van der Waals surface area contributed by atoms with Gasteiger partial charge in [0.1, 0.15) is 5.75 Å². The number of hydrogen-bond donors (Lipinski definition) is 1. The van der Waals surface area contributed by atoms with Gasteiger partial charge < -0.3 is 10.5 Å². The van der Waals surface area contributed by atoms with Gasteiger partial charge in [-0.1, -0.05) is 20.8 Å². The van der Waals surface area contributed by atoms with Crippen LogP contribution in [0.25, 0.3) is 0 Å². The van der Waals surface area contributed by atoms with Crippen molar-refractivity contribution in [3.05, 3.63) is 23.3 Å². The first-order valence-electron chi connectivity index (χ1n) is 6.37. The highest BCUT2D eigenvalue weighted by molar-refractivity contribution is 5.53. The molecule has 0 radical (unpaired) electrons. The van der Waals surface area contributed by atoms with Crippen molar-refractivity contribution >= 4 is 5.69 Å². The lowest BCUT2D eigenvalue weighted by atomic mass is 9.89. The summed E-state index contributed by atoms with van der Waals surface area (Å²) in [4.78, 5) is 0. The Morgan fingerprint density at radius 1 is 1.11 bits per heavy atom. The Labute approximate surface area is 114 Å². The normalized spacial score (nSPS) is 12.6. The first-order chi connectivity index (χ1) is 8.50. The molecule has 0 fully saturated rings. The molecule has 0 atom stereocenters. The standard InChI is InChI=1S/C15H23F2NO/c1-10-7-13(11(2)6-12(10)18)19-9-15(16,17)8-14(3,4)5/h6-7H,8-9,18H2,1-5H3. The van der Waals surface area contributed by atoms with Crippen LogP contribution in [0.1, 0.15) is 38.3 Å². The van der Waals surface area contributed by atoms with E-state index < -0.39 is 17.9 Å². The lowest BCUT2D eigenvalue weighted by Crippen LogP contribution is -2.31. The third kappa shape index (κ3) is 5.05. The first-order valence-corrected chi connectivity index (χ1v) is 6.37. The number of nitrogen functional groups attached to an aromatic ring is 1. The molecule has 4 heteroatoms. The molecule has 0 aliphatic heterocycles. The van der Waals surface area contributed by atoms with E-state index in [0.717, 1.165) is 11.1 Å². The van der Waals surface area contributed by atoms with Gasteiger partial charge in [0.15, 0.2) is 6.61 Å². The molecule has 1 aromatic carbocycles. The summed E-state index contributed by atoms with van der Waals surface area (Å²) in [5.41, 5.74) is 7.57. The summed E-state index contributed by atoms with van der Waals surface area (Å²) < 4.78 is 32.8. The van der Waals surface area contributed by atoms with Crippen LogP contribution in [0.15, 0.2) is 12.1 Å². The van der Waals surface area contributed by atoms with Crippen molar-refractivity contribution < 1.29 is 13.5 Å². The number of hydrogen-bond acceptors (Lipinski definition) is 2. The van der Waals surface area contributed by atoms with Gasteiger partial charge in [-0.25, -0.2) is 8.78 Å². The monoisotopic (exact) mass is 271 g/mol. The number of nitrogens with two attached hydrogens (primary N) is 1. The quantitative estimate of drug-likeness (QED) is 0.827. The topological polar surface area (TPSA) is 35.2 Å². The van der Waals surface area contributed by atoms with E-state index in [1.165, 1.54) is 0 Å². The summed E-state index contributed by atoms with van der Waals surface area (Å²) in [6, 6.07) is 3.45. The summed E-state index contributed by atoms with van der Waals surface area (Å²) in [6.45, 7) is 8.40. The predicted octanol–water partition coefficient (Wildman–Crippen LogP) is 4.34. The van der Waals surface area contributed by atoms with Gasteiger partial charge in [0.05, 0.1) is 0 Å². The number of benzene rings is 1. The second kappa shape index (κ2) is 5.35. The van der Waals surface area contributed by atoms with E-state index in [9.17, 15) is 8.78 Å². The van der Waals surface area contributed by atoms with Crippen LogP contribution >= 0.6 is 0 Å². The van der Waals surface area contributed by atoms with Crippen LogP contribution in [0.5, 0.6) is 5.75 Å². The van der Waals surface area contributed by atoms with Crippen molar-refractivity contribution in [2.45, 2.75) is 47.0 Å². The molecule has 1 rings (SSSR count). The van der Waals surface area contributed by atoms with Gasteiger partial charge in [0.2, 0.25) is 0 Å². The van der Waals surface area contributed by atoms with Crippen molar-refractivity contribution in [3.8, 4) is 5.75 Å².